The van der Waals surface area contributed by atoms with Gasteiger partial charge in [0.05, 0.1) is 23.4 Å². The maximum atomic E-state index is 14.1. The van der Waals surface area contributed by atoms with Crippen LogP contribution in [0.3, 0.4) is 0 Å². The Bertz CT molecular complexity index is 1030. The third-order valence-electron chi connectivity index (χ3n) is 5.65. The Kier molecular flexibility index (Phi) is 6.00. The third kappa shape index (κ3) is 3.92. The second kappa shape index (κ2) is 8.39. The summed E-state index contributed by atoms with van der Waals surface area (Å²) >= 11 is 5.91. The lowest BCUT2D eigenvalue weighted by Gasteiger charge is -2.37. The van der Waals surface area contributed by atoms with Crippen LogP contribution in [0.4, 0.5) is 14.5 Å². The lowest BCUT2D eigenvalue weighted by molar-refractivity contribution is -0.110. The maximum Gasteiger partial charge on any atom is 0.221 e. The van der Waals surface area contributed by atoms with E-state index in [9.17, 15) is 17.2 Å². The van der Waals surface area contributed by atoms with Crippen molar-refractivity contribution < 1.29 is 22.0 Å². The average Bonchev–Trinajstić information content (AvgIpc) is 3.13. The van der Waals surface area contributed by atoms with Gasteiger partial charge in [-0.3, -0.25) is 4.84 Å². The second-order valence-electron chi connectivity index (χ2n) is 7.38. The smallest absolute Gasteiger partial charge is 0.221 e. The van der Waals surface area contributed by atoms with Crippen LogP contribution >= 0.6 is 11.6 Å². The van der Waals surface area contributed by atoms with Crippen LogP contribution in [0.5, 0.6) is 0 Å². The first kappa shape index (κ1) is 21.5. The molecule has 0 saturated carbocycles. The third-order valence-corrected chi connectivity index (χ3v) is 8.18. The molecule has 2 aromatic rings. The van der Waals surface area contributed by atoms with Gasteiger partial charge in [0.25, 0.3) is 0 Å². The molecule has 2 unspecified atom stereocenters. The molecule has 2 saturated heterocycles. The van der Waals surface area contributed by atoms with Gasteiger partial charge in [-0.1, -0.05) is 29.8 Å². The molecule has 2 aromatic carbocycles. The van der Waals surface area contributed by atoms with Crippen LogP contribution in [0.25, 0.3) is 0 Å². The molecular weight excluding hydrogens is 436 g/mol. The second-order valence-corrected chi connectivity index (χ2v) is 9.94. The van der Waals surface area contributed by atoms with E-state index in [2.05, 4.69) is 0 Å². The van der Waals surface area contributed by atoms with E-state index in [1.165, 1.54) is 33.6 Å². The van der Waals surface area contributed by atoms with Crippen LogP contribution in [-0.4, -0.2) is 62.9 Å². The Balaban J connectivity index is 1.53. The molecule has 0 spiro atoms. The Morgan fingerprint density at radius 3 is 2.40 bits per heavy atom. The topological polar surface area (TPSA) is 53.1 Å². The van der Waals surface area contributed by atoms with Gasteiger partial charge in [0, 0.05) is 33.2 Å². The number of hydroxylamine groups is 2. The highest BCUT2D eigenvalue weighted by Gasteiger charge is 2.46. The van der Waals surface area contributed by atoms with E-state index in [1.807, 2.05) is 4.90 Å². The largest absolute Gasteiger partial charge is 0.367 e. The molecule has 0 radical (unpaired) electrons. The fourth-order valence-corrected chi connectivity index (χ4v) is 6.18. The minimum Gasteiger partial charge on any atom is -0.367 e. The lowest BCUT2D eigenvalue weighted by atomic mass is 10.0. The molecule has 0 aliphatic carbocycles. The standard InChI is InChI=1S/C20H22ClF2N3O3S/c1-24-20(14-6-7-16(22)15(21)12-14)19(13-29-24)30(27,28)26-10-8-25(9-11-26)18-5-3-2-4-17(18)23/h2-7,12,19-20H,8-11,13H2,1H3. The number of hydrogen-bond acceptors (Lipinski definition) is 5. The molecule has 0 N–H and O–H groups in total. The molecule has 4 rings (SSSR count). The van der Waals surface area contributed by atoms with E-state index in [0.29, 0.717) is 24.3 Å². The fourth-order valence-electron chi connectivity index (χ4n) is 4.05. The van der Waals surface area contributed by atoms with Crippen molar-refractivity contribution in [1.82, 2.24) is 9.37 Å². The molecule has 2 aliphatic heterocycles. The summed E-state index contributed by atoms with van der Waals surface area (Å²) < 4.78 is 55.9. The Morgan fingerprint density at radius 2 is 1.73 bits per heavy atom. The van der Waals surface area contributed by atoms with Crippen molar-refractivity contribution in [1.29, 1.82) is 0 Å². The molecular formula is C20H22ClF2N3O3S. The number of anilines is 1. The van der Waals surface area contributed by atoms with Gasteiger partial charge in [0.1, 0.15) is 16.9 Å². The van der Waals surface area contributed by atoms with Gasteiger partial charge in [-0.15, -0.1) is 0 Å². The van der Waals surface area contributed by atoms with Crippen LogP contribution in [0.2, 0.25) is 5.02 Å². The Morgan fingerprint density at radius 1 is 1.03 bits per heavy atom. The molecule has 162 valence electrons. The summed E-state index contributed by atoms with van der Waals surface area (Å²) in [6, 6.07) is 10.0. The van der Waals surface area contributed by atoms with Crippen LogP contribution in [0, 0.1) is 11.6 Å². The van der Waals surface area contributed by atoms with Gasteiger partial charge in [-0.25, -0.2) is 17.2 Å². The molecule has 30 heavy (non-hydrogen) atoms. The number of hydrogen-bond donors (Lipinski definition) is 0. The van der Waals surface area contributed by atoms with Crippen LogP contribution < -0.4 is 4.90 Å². The Labute approximate surface area is 179 Å². The molecule has 0 amide bonds. The normalized spacial score (nSPS) is 23.8. The number of nitrogens with zero attached hydrogens (tertiary/aromatic N) is 3. The molecule has 2 fully saturated rings. The summed E-state index contributed by atoms with van der Waals surface area (Å²) in [6.45, 7) is 1.25. The lowest BCUT2D eigenvalue weighted by Crippen LogP contribution is -2.52. The highest BCUT2D eigenvalue weighted by atomic mass is 35.5. The van der Waals surface area contributed by atoms with Crippen molar-refractivity contribution in [3.05, 3.63) is 64.7 Å². The van der Waals surface area contributed by atoms with Crippen LogP contribution in [0.1, 0.15) is 11.6 Å². The van der Waals surface area contributed by atoms with E-state index >= 15 is 0 Å². The number of halogens is 3. The fraction of sp³-hybridized carbons (Fsp3) is 0.400. The average molecular weight is 458 g/mol. The first-order chi connectivity index (χ1) is 14.3. The summed E-state index contributed by atoms with van der Waals surface area (Å²) in [5.74, 6) is -0.890. The van der Waals surface area contributed by atoms with Gasteiger partial charge >= 0.3 is 0 Å². The van der Waals surface area contributed by atoms with Gasteiger partial charge in [-0.2, -0.15) is 9.37 Å². The number of sulfonamides is 1. The van der Waals surface area contributed by atoms with Gasteiger partial charge in [0.2, 0.25) is 10.0 Å². The molecule has 10 heteroatoms. The highest BCUT2D eigenvalue weighted by molar-refractivity contribution is 7.89. The molecule has 2 heterocycles. The number of piperazine rings is 1. The van der Waals surface area contributed by atoms with Gasteiger partial charge < -0.3 is 4.90 Å². The first-order valence-corrected chi connectivity index (χ1v) is 11.5. The van der Waals surface area contributed by atoms with E-state index in [4.69, 9.17) is 16.4 Å². The van der Waals surface area contributed by atoms with Gasteiger partial charge in [0.15, 0.2) is 0 Å². The first-order valence-electron chi connectivity index (χ1n) is 9.58. The summed E-state index contributed by atoms with van der Waals surface area (Å²) in [6.07, 6.45) is 0. The monoisotopic (exact) mass is 457 g/mol. The van der Waals surface area contributed by atoms with Crippen molar-refractivity contribution >= 4 is 27.3 Å². The quantitative estimate of drug-likeness (QED) is 0.706. The number of benzene rings is 2. The number of para-hydroxylation sites is 1. The molecule has 0 aromatic heterocycles. The predicted molar refractivity (Wildman–Crippen MR) is 111 cm³/mol. The van der Waals surface area contributed by atoms with E-state index < -0.39 is 27.1 Å². The molecule has 2 atom stereocenters. The summed E-state index contributed by atoms with van der Waals surface area (Å²) in [7, 11) is -2.07. The summed E-state index contributed by atoms with van der Waals surface area (Å²) in [4.78, 5) is 7.36. The molecule has 2 aliphatic rings. The van der Waals surface area contributed by atoms with Crippen LogP contribution in [0.15, 0.2) is 42.5 Å². The highest BCUT2D eigenvalue weighted by Crippen LogP contribution is 2.36. The zero-order valence-corrected chi connectivity index (χ0v) is 17.9. The zero-order valence-electron chi connectivity index (χ0n) is 16.3. The predicted octanol–water partition coefficient (Wildman–Crippen LogP) is 3.06. The molecule has 6 nitrogen and oxygen atoms in total. The van der Waals surface area contributed by atoms with Gasteiger partial charge in [-0.05, 0) is 29.8 Å². The summed E-state index contributed by atoms with van der Waals surface area (Å²) in [5, 5.41) is 0.549. The van der Waals surface area contributed by atoms with Crippen molar-refractivity contribution in [3.8, 4) is 0 Å². The molecule has 0 bridgehead atoms. The van der Waals surface area contributed by atoms with Crippen LogP contribution in [-0.2, 0) is 14.9 Å². The van der Waals surface area contributed by atoms with E-state index in [-0.39, 0.29) is 30.5 Å². The van der Waals surface area contributed by atoms with Crippen molar-refractivity contribution in [2.45, 2.75) is 11.3 Å². The van der Waals surface area contributed by atoms with E-state index in [0.717, 1.165) is 0 Å². The van der Waals surface area contributed by atoms with Crippen molar-refractivity contribution in [2.24, 2.45) is 0 Å². The van der Waals surface area contributed by atoms with Crippen molar-refractivity contribution in [3.63, 3.8) is 0 Å². The SMILES string of the molecule is CN1OCC(S(=O)(=O)N2CCN(c3ccccc3F)CC2)C1c1ccc(F)c(Cl)c1. The Hall–Kier alpha value is -1.78. The minimum absolute atomic E-state index is 0.00791. The number of rotatable bonds is 4. The maximum absolute atomic E-state index is 14.1. The zero-order chi connectivity index (χ0) is 21.5. The van der Waals surface area contributed by atoms with Crippen molar-refractivity contribution in [2.75, 3.05) is 44.7 Å². The van der Waals surface area contributed by atoms with E-state index in [1.54, 1.807) is 25.2 Å². The minimum atomic E-state index is -3.72. The summed E-state index contributed by atoms with van der Waals surface area (Å²) in [5.41, 5.74) is 1.04.